The number of nitrogens with zero attached hydrogens (tertiary/aromatic N) is 5. The lowest BCUT2D eigenvalue weighted by atomic mass is 10.1. The molecule has 0 saturated heterocycles. The van der Waals surface area contributed by atoms with E-state index in [1.54, 1.807) is 14.2 Å². The average molecular weight is 495 g/mol. The number of ether oxygens (including phenoxy) is 2. The number of nitro benzene ring substituents is 1. The Balaban J connectivity index is 1.49. The first-order valence-electron chi connectivity index (χ1n) is 10.4. The van der Waals surface area contributed by atoms with E-state index in [4.69, 9.17) is 9.47 Å². The zero-order valence-electron chi connectivity index (χ0n) is 19.0. The molecule has 0 saturated carbocycles. The van der Waals surface area contributed by atoms with Crippen LogP contribution < -0.4 is 14.8 Å². The summed E-state index contributed by atoms with van der Waals surface area (Å²) in [7, 11) is 3.17. The number of non-ortho nitro benzene ring substituents is 1. The summed E-state index contributed by atoms with van der Waals surface area (Å²) in [5, 5.41) is 22.7. The van der Waals surface area contributed by atoms with Gasteiger partial charge in [0, 0.05) is 36.6 Å². The predicted octanol–water partition coefficient (Wildman–Crippen LogP) is 3.64. The highest BCUT2D eigenvalue weighted by Gasteiger charge is 2.17. The van der Waals surface area contributed by atoms with Gasteiger partial charge in [-0.3, -0.25) is 19.6 Å². The lowest BCUT2D eigenvalue weighted by Crippen LogP contribution is -2.16. The Morgan fingerprint density at radius 2 is 1.77 bits per heavy atom. The SMILES string of the molecule is COc1ccc(Cc2nnc(SCC(=O)Nc3ccc([N+](=O)[O-])cc3)n2-n2cccc2)cc1OC. The first-order chi connectivity index (χ1) is 17.0. The molecule has 11 nitrogen and oxygen atoms in total. The second kappa shape index (κ2) is 10.7. The summed E-state index contributed by atoms with van der Waals surface area (Å²) in [5.41, 5.74) is 1.39. The van der Waals surface area contributed by atoms with Crippen LogP contribution in [0.3, 0.4) is 0 Å². The van der Waals surface area contributed by atoms with E-state index in [9.17, 15) is 14.9 Å². The molecule has 1 amide bonds. The van der Waals surface area contributed by atoms with Crippen molar-refractivity contribution >= 4 is 29.0 Å². The Morgan fingerprint density at radius 1 is 1.06 bits per heavy atom. The molecule has 4 aromatic rings. The van der Waals surface area contributed by atoms with E-state index >= 15 is 0 Å². The van der Waals surface area contributed by atoms with Crippen molar-refractivity contribution in [2.45, 2.75) is 11.6 Å². The van der Waals surface area contributed by atoms with Crippen molar-refractivity contribution in [3.8, 4) is 11.5 Å². The van der Waals surface area contributed by atoms with E-state index < -0.39 is 4.92 Å². The molecule has 35 heavy (non-hydrogen) atoms. The molecule has 0 fully saturated rings. The molecule has 4 rings (SSSR count). The predicted molar refractivity (Wildman–Crippen MR) is 130 cm³/mol. The molecular weight excluding hydrogens is 472 g/mol. The Bertz CT molecular complexity index is 1320. The van der Waals surface area contributed by atoms with E-state index in [0.29, 0.717) is 34.6 Å². The van der Waals surface area contributed by atoms with Crippen LogP contribution in [0, 0.1) is 10.1 Å². The van der Waals surface area contributed by atoms with E-state index in [-0.39, 0.29) is 17.3 Å². The van der Waals surface area contributed by atoms with Crippen LogP contribution in [-0.4, -0.2) is 50.4 Å². The molecule has 2 heterocycles. The number of hydrogen-bond acceptors (Lipinski definition) is 8. The number of benzene rings is 2. The topological polar surface area (TPSA) is 126 Å². The van der Waals surface area contributed by atoms with E-state index in [1.807, 2.05) is 52.1 Å². The van der Waals surface area contributed by atoms with Crippen LogP contribution in [0.1, 0.15) is 11.4 Å². The Hall–Kier alpha value is -4.32. The van der Waals surface area contributed by atoms with Crippen molar-refractivity contribution in [3.05, 3.63) is 88.5 Å². The third kappa shape index (κ3) is 5.61. The third-order valence-corrected chi connectivity index (χ3v) is 5.92. The van der Waals surface area contributed by atoms with Gasteiger partial charge < -0.3 is 14.8 Å². The summed E-state index contributed by atoms with van der Waals surface area (Å²) in [5.74, 6) is 1.74. The Morgan fingerprint density at radius 3 is 2.43 bits per heavy atom. The number of amides is 1. The van der Waals surface area contributed by atoms with Crippen molar-refractivity contribution in [1.29, 1.82) is 0 Å². The van der Waals surface area contributed by atoms with Crippen molar-refractivity contribution in [2.75, 3.05) is 25.3 Å². The first-order valence-corrected chi connectivity index (χ1v) is 11.4. The lowest BCUT2D eigenvalue weighted by Gasteiger charge is -2.12. The van der Waals surface area contributed by atoms with Crippen LogP contribution in [0.5, 0.6) is 11.5 Å². The largest absolute Gasteiger partial charge is 0.493 e. The van der Waals surface area contributed by atoms with E-state index in [0.717, 1.165) is 5.56 Å². The molecule has 2 aromatic heterocycles. The summed E-state index contributed by atoms with van der Waals surface area (Å²) in [6, 6.07) is 15.1. The zero-order valence-corrected chi connectivity index (χ0v) is 19.8. The summed E-state index contributed by atoms with van der Waals surface area (Å²) < 4.78 is 14.4. The number of rotatable bonds is 10. The molecular formula is C23H22N6O5S. The molecule has 0 bridgehead atoms. The molecule has 0 aliphatic carbocycles. The van der Waals surface area contributed by atoms with Gasteiger partial charge in [-0.15, -0.1) is 10.2 Å². The van der Waals surface area contributed by atoms with Gasteiger partial charge in [0.05, 0.1) is 24.9 Å². The van der Waals surface area contributed by atoms with Crippen LogP contribution in [0.15, 0.2) is 72.1 Å². The number of thioether (sulfide) groups is 1. The highest BCUT2D eigenvalue weighted by atomic mass is 32.2. The van der Waals surface area contributed by atoms with Gasteiger partial charge in [0.15, 0.2) is 17.3 Å². The van der Waals surface area contributed by atoms with Crippen LogP contribution >= 0.6 is 11.8 Å². The van der Waals surface area contributed by atoms with Gasteiger partial charge >= 0.3 is 0 Å². The van der Waals surface area contributed by atoms with Gasteiger partial charge in [0.2, 0.25) is 11.1 Å². The molecule has 12 heteroatoms. The maximum Gasteiger partial charge on any atom is 0.269 e. The monoisotopic (exact) mass is 494 g/mol. The highest BCUT2D eigenvalue weighted by molar-refractivity contribution is 7.99. The molecule has 180 valence electrons. The van der Waals surface area contributed by atoms with Gasteiger partial charge in [0.25, 0.3) is 5.69 Å². The second-order valence-corrected chi connectivity index (χ2v) is 8.22. The van der Waals surface area contributed by atoms with Crippen molar-refractivity contribution in [3.63, 3.8) is 0 Å². The molecule has 1 N–H and O–H groups in total. The quantitative estimate of drug-likeness (QED) is 0.201. The maximum absolute atomic E-state index is 12.5. The molecule has 0 atom stereocenters. The van der Waals surface area contributed by atoms with Crippen LogP contribution in [-0.2, 0) is 11.2 Å². The van der Waals surface area contributed by atoms with Gasteiger partial charge in [-0.25, -0.2) is 4.68 Å². The van der Waals surface area contributed by atoms with Gasteiger partial charge in [-0.2, -0.15) is 0 Å². The molecule has 0 radical (unpaired) electrons. The van der Waals surface area contributed by atoms with Crippen molar-refractivity contribution in [1.82, 2.24) is 19.5 Å². The van der Waals surface area contributed by atoms with Gasteiger partial charge in [-0.05, 0) is 42.0 Å². The standard InChI is InChI=1S/C23H22N6O5S/c1-33-19-10-5-16(13-20(19)34-2)14-21-25-26-23(28(21)27-11-3-4-12-27)35-15-22(30)24-17-6-8-18(9-7-17)29(31)32/h3-13H,14-15H2,1-2H3,(H,24,30). The Kier molecular flexibility index (Phi) is 7.31. The number of carbonyl (C=O) groups excluding carboxylic acids is 1. The number of hydrogen-bond donors (Lipinski definition) is 1. The van der Waals surface area contributed by atoms with Crippen LogP contribution in [0.25, 0.3) is 0 Å². The number of nitrogens with one attached hydrogen (secondary N) is 1. The third-order valence-electron chi connectivity index (χ3n) is 5.00. The van der Waals surface area contributed by atoms with E-state index in [2.05, 4.69) is 15.5 Å². The fraction of sp³-hybridized carbons (Fsp3) is 0.174. The van der Waals surface area contributed by atoms with Crippen LogP contribution in [0.4, 0.5) is 11.4 Å². The number of anilines is 1. The summed E-state index contributed by atoms with van der Waals surface area (Å²) in [6.07, 6.45) is 4.20. The minimum atomic E-state index is -0.491. The number of carbonyl (C=O) groups is 1. The normalized spacial score (nSPS) is 10.7. The minimum Gasteiger partial charge on any atom is -0.493 e. The minimum absolute atomic E-state index is 0.0424. The fourth-order valence-electron chi connectivity index (χ4n) is 3.35. The number of nitro groups is 1. The smallest absolute Gasteiger partial charge is 0.269 e. The lowest BCUT2D eigenvalue weighted by molar-refractivity contribution is -0.384. The number of aromatic nitrogens is 4. The molecule has 0 aliphatic heterocycles. The average Bonchev–Trinajstić information content (AvgIpc) is 3.52. The summed E-state index contributed by atoms with van der Waals surface area (Å²) in [6.45, 7) is 0. The van der Waals surface area contributed by atoms with Gasteiger partial charge in [-0.1, -0.05) is 17.8 Å². The molecule has 2 aromatic carbocycles. The summed E-state index contributed by atoms with van der Waals surface area (Å²) >= 11 is 1.23. The second-order valence-electron chi connectivity index (χ2n) is 7.28. The van der Waals surface area contributed by atoms with Crippen molar-refractivity contribution in [2.24, 2.45) is 0 Å². The molecule has 0 unspecified atom stereocenters. The highest BCUT2D eigenvalue weighted by Crippen LogP contribution is 2.29. The van der Waals surface area contributed by atoms with E-state index in [1.165, 1.54) is 36.0 Å². The number of methoxy groups -OCH3 is 2. The fourth-order valence-corrected chi connectivity index (χ4v) is 4.11. The first kappa shape index (κ1) is 23.8. The Labute approximate surface area is 204 Å². The zero-order chi connectivity index (χ0) is 24.8. The van der Waals surface area contributed by atoms with Gasteiger partial charge in [0.1, 0.15) is 0 Å². The molecule has 0 spiro atoms. The molecule has 0 aliphatic rings. The van der Waals surface area contributed by atoms with Crippen LogP contribution in [0.2, 0.25) is 0 Å². The van der Waals surface area contributed by atoms with Crippen molar-refractivity contribution < 1.29 is 19.2 Å². The maximum atomic E-state index is 12.5. The summed E-state index contributed by atoms with van der Waals surface area (Å²) in [4.78, 5) is 22.8.